The maximum Gasteiger partial charge on any atom is 0.130 e. The van der Waals surface area contributed by atoms with Crippen LogP contribution >= 0.6 is 0 Å². The average Bonchev–Trinajstić information content (AvgIpc) is 2.32. The second kappa shape index (κ2) is 5.97. The summed E-state index contributed by atoms with van der Waals surface area (Å²) in [5, 5.41) is 13.4. The Bertz CT molecular complexity index is 418. The molecule has 0 aliphatic heterocycles. The van der Waals surface area contributed by atoms with Gasteiger partial charge in [-0.1, -0.05) is 25.8 Å². The third-order valence-electron chi connectivity index (χ3n) is 3.89. The highest BCUT2D eigenvalue weighted by Crippen LogP contribution is 2.31. The molecule has 0 amide bonds. The van der Waals surface area contributed by atoms with Gasteiger partial charge in [0.2, 0.25) is 0 Å². The zero-order valence-corrected chi connectivity index (χ0v) is 11.3. The lowest BCUT2D eigenvalue weighted by Gasteiger charge is -2.35. The number of benzene rings is 1. The minimum Gasteiger partial charge on any atom is -0.389 e. The van der Waals surface area contributed by atoms with Crippen LogP contribution in [0.2, 0.25) is 0 Å². The number of rotatable bonds is 4. The van der Waals surface area contributed by atoms with Crippen molar-refractivity contribution in [1.82, 2.24) is 5.32 Å². The van der Waals surface area contributed by atoms with E-state index in [4.69, 9.17) is 0 Å². The Labute approximate surface area is 112 Å². The molecule has 1 aromatic carbocycles. The Morgan fingerprint density at radius 3 is 2.68 bits per heavy atom. The van der Waals surface area contributed by atoms with E-state index in [0.29, 0.717) is 12.5 Å². The van der Waals surface area contributed by atoms with Gasteiger partial charge in [0.15, 0.2) is 0 Å². The molecule has 2 atom stereocenters. The zero-order valence-electron chi connectivity index (χ0n) is 11.3. The van der Waals surface area contributed by atoms with Crippen LogP contribution in [-0.2, 0) is 6.54 Å². The summed E-state index contributed by atoms with van der Waals surface area (Å²) < 4.78 is 26.9. The van der Waals surface area contributed by atoms with Crippen LogP contribution in [0.25, 0.3) is 0 Å². The summed E-state index contributed by atoms with van der Waals surface area (Å²) in [5.41, 5.74) is -0.700. The number of hydrogen-bond donors (Lipinski definition) is 2. The van der Waals surface area contributed by atoms with Gasteiger partial charge >= 0.3 is 0 Å². The number of nitrogens with one attached hydrogen (secondary N) is 1. The topological polar surface area (TPSA) is 32.3 Å². The molecule has 19 heavy (non-hydrogen) atoms. The molecule has 1 aliphatic rings. The van der Waals surface area contributed by atoms with Gasteiger partial charge in [0.05, 0.1) is 5.60 Å². The first-order valence-electron chi connectivity index (χ1n) is 6.86. The van der Waals surface area contributed by atoms with E-state index in [1.807, 2.05) is 0 Å². The Kier molecular flexibility index (Phi) is 4.53. The van der Waals surface area contributed by atoms with E-state index in [1.165, 1.54) is 18.2 Å². The summed E-state index contributed by atoms with van der Waals surface area (Å²) in [6.45, 7) is 2.61. The van der Waals surface area contributed by atoms with Crippen molar-refractivity contribution in [3.63, 3.8) is 0 Å². The van der Waals surface area contributed by atoms with Crippen molar-refractivity contribution in [2.24, 2.45) is 5.92 Å². The minimum atomic E-state index is -0.737. The molecular weight excluding hydrogens is 248 g/mol. The Morgan fingerprint density at radius 1 is 1.37 bits per heavy atom. The molecule has 0 saturated heterocycles. The molecule has 0 radical (unpaired) electrons. The summed E-state index contributed by atoms with van der Waals surface area (Å²) in [7, 11) is 0. The molecule has 1 aromatic rings. The molecule has 2 unspecified atom stereocenters. The van der Waals surface area contributed by atoms with Gasteiger partial charge in [-0.25, -0.2) is 8.78 Å². The quantitative estimate of drug-likeness (QED) is 0.880. The Balaban J connectivity index is 1.89. The first kappa shape index (κ1) is 14.4. The van der Waals surface area contributed by atoms with Crippen LogP contribution in [0.4, 0.5) is 8.78 Å². The molecule has 0 aromatic heterocycles. The Morgan fingerprint density at radius 2 is 2.05 bits per heavy atom. The summed E-state index contributed by atoms with van der Waals surface area (Å²) in [6, 6.07) is 3.85. The first-order valence-corrected chi connectivity index (χ1v) is 6.86. The largest absolute Gasteiger partial charge is 0.389 e. The van der Waals surface area contributed by atoms with Crippen molar-refractivity contribution < 1.29 is 13.9 Å². The van der Waals surface area contributed by atoms with E-state index in [-0.39, 0.29) is 12.1 Å². The highest BCUT2D eigenvalue weighted by atomic mass is 19.1. The zero-order chi connectivity index (χ0) is 13.9. The number of halogens is 2. The number of hydrogen-bond acceptors (Lipinski definition) is 2. The van der Waals surface area contributed by atoms with E-state index in [9.17, 15) is 13.9 Å². The molecule has 106 valence electrons. The van der Waals surface area contributed by atoms with Crippen LogP contribution in [0.3, 0.4) is 0 Å². The van der Waals surface area contributed by atoms with Gasteiger partial charge in [-0.3, -0.25) is 0 Å². The third-order valence-corrected chi connectivity index (χ3v) is 3.89. The van der Waals surface area contributed by atoms with E-state index in [1.54, 1.807) is 0 Å². The highest BCUT2D eigenvalue weighted by Gasteiger charge is 2.32. The molecule has 1 saturated carbocycles. The second-order valence-corrected chi connectivity index (χ2v) is 5.73. The van der Waals surface area contributed by atoms with Crippen molar-refractivity contribution in [2.45, 2.75) is 44.8 Å². The molecule has 1 aliphatic carbocycles. The van der Waals surface area contributed by atoms with Crippen LogP contribution in [0.15, 0.2) is 18.2 Å². The van der Waals surface area contributed by atoms with Crippen molar-refractivity contribution in [3.8, 4) is 0 Å². The van der Waals surface area contributed by atoms with Gasteiger partial charge in [-0.2, -0.15) is 0 Å². The van der Waals surface area contributed by atoms with Crippen molar-refractivity contribution in [1.29, 1.82) is 0 Å². The van der Waals surface area contributed by atoms with Crippen LogP contribution < -0.4 is 5.32 Å². The van der Waals surface area contributed by atoms with Crippen LogP contribution in [-0.4, -0.2) is 17.3 Å². The van der Waals surface area contributed by atoms with Gasteiger partial charge in [0.25, 0.3) is 0 Å². The number of aliphatic hydroxyl groups is 1. The molecule has 0 bridgehead atoms. The fourth-order valence-electron chi connectivity index (χ4n) is 2.91. The lowest BCUT2D eigenvalue weighted by molar-refractivity contribution is -0.0120. The summed E-state index contributed by atoms with van der Waals surface area (Å²) in [4.78, 5) is 0. The standard InChI is InChI=1S/C15H21F2NO/c1-11-4-3-7-15(19,8-11)10-18-9-12-13(16)5-2-6-14(12)17/h2,5-6,11,18-19H,3-4,7-10H2,1H3. The van der Waals surface area contributed by atoms with Crippen LogP contribution in [0, 0.1) is 17.6 Å². The predicted octanol–water partition coefficient (Wildman–Crippen LogP) is 3.00. The Hall–Kier alpha value is -1.00. The molecule has 0 heterocycles. The average molecular weight is 269 g/mol. The molecule has 2 nitrogen and oxygen atoms in total. The SMILES string of the molecule is CC1CCCC(O)(CNCc2c(F)cccc2F)C1. The van der Waals surface area contributed by atoms with E-state index < -0.39 is 17.2 Å². The molecular formula is C15H21F2NO. The van der Waals surface area contributed by atoms with Crippen molar-refractivity contribution in [2.75, 3.05) is 6.54 Å². The maximum atomic E-state index is 13.4. The normalized spacial score (nSPS) is 27.5. The molecule has 4 heteroatoms. The van der Waals surface area contributed by atoms with Gasteiger partial charge < -0.3 is 10.4 Å². The smallest absolute Gasteiger partial charge is 0.130 e. The molecule has 1 fully saturated rings. The van der Waals surface area contributed by atoms with Gasteiger partial charge in [0.1, 0.15) is 11.6 Å². The van der Waals surface area contributed by atoms with Gasteiger partial charge in [0, 0.05) is 18.7 Å². The maximum absolute atomic E-state index is 13.4. The lowest BCUT2D eigenvalue weighted by Crippen LogP contribution is -2.43. The van der Waals surface area contributed by atoms with Crippen molar-refractivity contribution >= 4 is 0 Å². The van der Waals surface area contributed by atoms with Gasteiger partial charge in [-0.05, 0) is 30.9 Å². The molecule has 2 rings (SSSR count). The second-order valence-electron chi connectivity index (χ2n) is 5.73. The summed E-state index contributed by atoms with van der Waals surface area (Å²) >= 11 is 0. The monoisotopic (exact) mass is 269 g/mol. The van der Waals surface area contributed by atoms with E-state index in [0.717, 1.165) is 25.7 Å². The van der Waals surface area contributed by atoms with Crippen LogP contribution in [0.5, 0.6) is 0 Å². The van der Waals surface area contributed by atoms with Crippen molar-refractivity contribution in [3.05, 3.63) is 35.4 Å². The lowest BCUT2D eigenvalue weighted by atomic mass is 9.79. The fraction of sp³-hybridized carbons (Fsp3) is 0.600. The van der Waals surface area contributed by atoms with Crippen LogP contribution in [0.1, 0.15) is 38.2 Å². The molecule has 2 N–H and O–H groups in total. The summed E-state index contributed by atoms with van der Waals surface area (Å²) in [6.07, 6.45) is 3.65. The van der Waals surface area contributed by atoms with E-state index >= 15 is 0 Å². The minimum absolute atomic E-state index is 0.0370. The predicted molar refractivity (Wildman–Crippen MR) is 70.6 cm³/mol. The molecule has 0 spiro atoms. The summed E-state index contributed by atoms with van der Waals surface area (Å²) in [5.74, 6) is -0.584. The first-order chi connectivity index (χ1) is 9.00. The van der Waals surface area contributed by atoms with E-state index in [2.05, 4.69) is 12.2 Å². The highest BCUT2D eigenvalue weighted by molar-refractivity contribution is 5.19. The van der Waals surface area contributed by atoms with Gasteiger partial charge in [-0.15, -0.1) is 0 Å². The third kappa shape index (κ3) is 3.74. The fourth-order valence-corrected chi connectivity index (χ4v) is 2.91.